The second kappa shape index (κ2) is 5.06. The fourth-order valence-electron chi connectivity index (χ4n) is 2.11. The monoisotopic (exact) mass is 367 g/mol. The van der Waals surface area contributed by atoms with E-state index in [9.17, 15) is 0 Å². The van der Waals surface area contributed by atoms with Crippen LogP contribution in [0.2, 0.25) is 0 Å². The van der Waals surface area contributed by atoms with E-state index < -0.39 is 0 Å². The Bertz CT molecular complexity index is 351. The minimum Gasteiger partial charge on any atom is -0.378 e. The lowest BCUT2D eigenvalue weighted by molar-refractivity contribution is -0.0815. The summed E-state index contributed by atoms with van der Waals surface area (Å²) in [4.78, 5) is 1.21. The molecule has 1 saturated carbocycles. The largest absolute Gasteiger partial charge is 0.378 e. The van der Waals surface area contributed by atoms with Crippen LogP contribution in [0.3, 0.4) is 0 Å². The Balaban J connectivity index is 2.05. The Labute approximate surface area is 117 Å². The number of thiophene rings is 1. The Morgan fingerprint density at radius 3 is 2.62 bits per heavy atom. The average Bonchev–Trinajstić information content (AvgIpc) is 2.53. The van der Waals surface area contributed by atoms with E-state index in [1.807, 2.05) is 0 Å². The Kier molecular flexibility index (Phi) is 4.12. The van der Waals surface area contributed by atoms with Crippen LogP contribution in [0.15, 0.2) is 14.3 Å². The number of nitrogens with two attached hydrogens (primary N) is 1. The van der Waals surface area contributed by atoms with Gasteiger partial charge >= 0.3 is 0 Å². The van der Waals surface area contributed by atoms with Crippen molar-refractivity contribution in [2.75, 3.05) is 7.11 Å². The molecule has 1 aliphatic carbocycles. The molecule has 0 spiro atoms. The zero-order chi connectivity index (χ0) is 11.8. The lowest BCUT2D eigenvalue weighted by atomic mass is 9.75. The number of ether oxygens (including phenoxy) is 1. The van der Waals surface area contributed by atoms with Gasteiger partial charge < -0.3 is 10.5 Å². The van der Waals surface area contributed by atoms with E-state index in [2.05, 4.69) is 37.9 Å². The van der Waals surface area contributed by atoms with Gasteiger partial charge in [-0.2, -0.15) is 0 Å². The summed E-state index contributed by atoms with van der Waals surface area (Å²) in [5, 5.41) is 0. The molecule has 1 aliphatic rings. The van der Waals surface area contributed by atoms with E-state index in [1.165, 1.54) is 11.3 Å². The lowest BCUT2D eigenvalue weighted by Gasteiger charge is -2.42. The average molecular weight is 369 g/mol. The fraction of sp³-hybridized carbons (Fsp3) is 0.636. The summed E-state index contributed by atoms with van der Waals surface area (Å²) < 4.78 is 7.80. The third kappa shape index (κ3) is 2.53. The molecule has 0 saturated heterocycles. The van der Waals surface area contributed by atoms with E-state index in [1.54, 1.807) is 18.4 Å². The quantitative estimate of drug-likeness (QED) is 0.862. The predicted molar refractivity (Wildman–Crippen MR) is 74.9 cm³/mol. The summed E-state index contributed by atoms with van der Waals surface area (Å²) >= 11 is 8.68. The maximum absolute atomic E-state index is 6.24. The molecular formula is C11H15Br2NOS. The first-order valence-corrected chi connectivity index (χ1v) is 7.72. The van der Waals surface area contributed by atoms with Gasteiger partial charge in [-0.15, -0.1) is 11.3 Å². The molecule has 0 radical (unpaired) electrons. The van der Waals surface area contributed by atoms with E-state index >= 15 is 0 Å². The molecule has 1 unspecified atom stereocenters. The van der Waals surface area contributed by atoms with Crippen LogP contribution >= 0.6 is 43.2 Å². The van der Waals surface area contributed by atoms with Crippen molar-refractivity contribution in [2.24, 2.45) is 5.73 Å². The van der Waals surface area contributed by atoms with Crippen molar-refractivity contribution in [1.29, 1.82) is 0 Å². The zero-order valence-corrected chi connectivity index (χ0v) is 13.1. The van der Waals surface area contributed by atoms with E-state index in [0.717, 1.165) is 27.5 Å². The van der Waals surface area contributed by atoms with Gasteiger partial charge in [-0.05, 0) is 63.6 Å². The van der Waals surface area contributed by atoms with Crippen LogP contribution in [0.4, 0.5) is 0 Å². The Hall–Kier alpha value is 0.580. The van der Waals surface area contributed by atoms with Crippen molar-refractivity contribution in [3.8, 4) is 0 Å². The van der Waals surface area contributed by atoms with Gasteiger partial charge in [0, 0.05) is 22.5 Å². The molecule has 1 heterocycles. The van der Waals surface area contributed by atoms with Crippen molar-refractivity contribution in [1.82, 2.24) is 0 Å². The van der Waals surface area contributed by atoms with Crippen molar-refractivity contribution >= 4 is 43.2 Å². The van der Waals surface area contributed by atoms with E-state index in [-0.39, 0.29) is 11.6 Å². The maximum Gasteiger partial charge on any atom is 0.0843 e. The molecular weight excluding hydrogens is 354 g/mol. The van der Waals surface area contributed by atoms with Crippen molar-refractivity contribution < 1.29 is 4.74 Å². The molecule has 1 aromatic heterocycles. The molecule has 90 valence electrons. The van der Waals surface area contributed by atoms with Gasteiger partial charge in [0.15, 0.2) is 0 Å². The minimum atomic E-state index is 0.0440. The maximum atomic E-state index is 6.24. The normalized spacial score (nSPS) is 20.5. The molecule has 0 bridgehead atoms. The van der Waals surface area contributed by atoms with Crippen LogP contribution in [0.1, 0.15) is 36.6 Å². The molecule has 0 aromatic carbocycles. The van der Waals surface area contributed by atoms with Gasteiger partial charge in [0.1, 0.15) is 0 Å². The first-order valence-electron chi connectivity index (χ1n) is 5.32. The standard InChI is InChI=1S/C11H15Br2NOS/c1-15-11(3-2-4-11)6-8(14)9-5-7(12)10(13)16-9/h5,8H,2-4,6,14H2,1H3. The fourth-order valence-corrected chi connectivity index (χ4v) is 4.20. The van der Waals surface area contributed by atoms with Crippen LogP contribution < -0.4 is 5.73 Å². The SMILES string of the molecule is COC1(CC(N)c2cc(Br)c(Br)s2)CCC1. The highest BCUT2D eigenvalue weighted by molar-refractivity contribution is 9.13. The summed E-state index contributed by atoms with van der Waals surface area (Å²) in [6.07, 6.45) is 4.47. The molecule has 2 N–H and O–H groups in total. The predicted octanol–water partition coefficient (Wildman–Crippen LogP) is 4.23. The third-order valence-corrected chi connectivity index (χ3v) is 6.71. The van der Waals surface area contributed by atoms with Crippen LogP contribution in [0, 0.1) is 0 Å². The topological polar surface area (TPSA) is 35.2 Å². The van der Waals surface area contributed by atoms with Crippen molar-refractivity contribution in [3.63, 3.8) is 0 Å². The molecule has 2 nitrogen and oxygen atoms in total. The number of rotatable bonds is 4. The summed E-state index contributed by atoms with van der Waals surface area (Å²) in [6.45, 7) is 0. The highest BCUT2D eigenvalue weighted by Crippen LogP contribution is 2.43. The number of hydrogen-bond donors (Lipinski definition) is 1. The first-order chi connectivity index (χ1) is 7.56. The van der Waals surface area contributed by atoms with Gasteiger partial charge in [0.05, 0.1) is 9.39 Å². The molecule has 1 aromatic rings. The summed E-state index contributed by atoms with van der Waals surface area (Å²) in [6, 6.07) is 2.18. The lowest BCUT2D eigenvalue weighted by Crippen LogP contribution is -2.41. The molecule has 1 atom stereocenters. The number of halogens is 2. The molecule has 5 heteroatoms. The Morgan fingerprint density at radius 2 is 2.25 bits per heavy atom. The molecule has 16 heavy (non-hydrogen) atoms. The molecule has 2 rings (SSSR count). The first kappa shape index (κ1) is 13.0. The van der Waals surface area contributed by atoms with Crippen LogP contribution in [0.5, 0.6) is 0 Å². The molecule has 0 aliphatic heterocycles. The summed E-state index contributed by atoms with van der Waals surface area (Å²) in [5.74, 6) is 0. The minimum absolute atomic E-state index is 0.0440. The van der Waals surface area contributed by atoms with Crippen LogP contribution in [0.25, 0.3) is 0 Å². The number of methoxy groups -OCH3 is 1. The molecule has 0 amide bonds. The zero-order valence-electron chi connectivity index (χ0n) is 9.13. The van der Waals surface area contributed by atoms with Crippen LogP contribution in [-0.4, -0.2) is 12.7 Å². The van der Waals surface area contributed by atoms with Gasteiger partial charge in [0.25, 0.3) is 0 Å². The third-order valence-electron chi connectivity index (χ3n) is 3.32. The van der Waals surface area contributed by atoms with Gasteiger partial charge in [-0.1, -0.05) is 0 Å². The molecule has 1 fully saturated rings. The van der Waals surface area contributed by atoms with Gasteiger partial charge in [-0.25, -0.2) is 0 Å². The second-order valence-electron chi connectivity index (χ2n) is 4.32. The van der Waals surface area contributed by atoms with Crippen molar-refractivity contribution in [3.05, 3.63) is 19.2 Å². The smallest absolute Gasteiger partial charge is 0.0843 e. The van der Waals surface area contributed by atoms with Gasteiger partial charge in [-0.3, -0.25) is 0 Å². The van der Waals surface area contributed by atoms with E-state index in [4.69, 9.17) is 10.5 Å². The highest BCUT2D eigenvalue weighted by atomic mass is 79.9. The highest BCUT2D eigenvalue weighted by Gasteiger charge is 2.38. The van der Waals surface area contributed by atoms with Crippen LogP contribution in [-0.2, 0) is 4.74 Å². The summed E-state index contributed by atoms with van der Waals surface area (Å²) in [7, 11) is 1.80. The second-order valence-corrected chi connectivity index (χ2v) is 7.58. The van der Waals surface area contributed by atoms with Crippen molar-refractivity contribution in [2.45, 2.75) is 37.3 Å². The van der Waals surface area contributed by atoms with E-state index in [0.29, 0.717) is 0 Å². The number of hydrogen-bond acceptors (Lipinski definition) is 3. The van der Waals surface area contributed by atoms with Gasteiger partial charge in [0.2, 0.25) is 0 Å². The summed E-state index contributed by atoms with van der Waals surface area (Å²) in [5.41, 5.74) is 6.28. The Morgan fingerprint density at radius 1 is 1.56 bits per heavy atom.